The lowest BCUT2D eigenvalue weighted by atomic mass is 9.72. The van der Waals surface area contributed by atoms with Gasteiger partial charge in [0.25, 0.3) is 0 Å². The van der Waals surface area contributed by atoms with Crippen molar-refractivity contribution in [3.8, 4) is 11.4 Å². The number of aryl methyl sites for hydroxylation is 2. The number of hydrogen-bond acceptors (Lipinski definition) is 4. The molecule has 5 aromatic rings. The van der Waals surface area contributed by atoms with Crippen molar-refractivity contribution in [3.63, 3.8) is 0 Å². The number of hydrogen-bond donors (Lipinski definition) is 2. The minimum absolute atomic E-state index is 0.373. The van der Waals surface area contributed by atoms with Crippen LogP contribution in [0.15, 0.2) is 54.6 Å². The van der Waals surface area contributed by atoms with Crippen molar-refractivity contribution in [2.24, 2.45) is 5.92 Å². The van der Waals surface area contributed by atoms with Gasteiger partial charge in [-0.25, -0.2) is 13.8 Å². The molecule has 194 valence electrons. The summed E-state index contributed by atoms with van der Waals surface area (Å²) in [5.41, 5.74) is 5.76. The average molecular weight is 533 g/mol. The van der Waals surface area contributed by atoms with Gasteiger partial charge in [-0.15, -0.1) is 10.2 Å². The third-order valence-electron chi connectivity index (χ3n) is 7.68. The van der Waals surface area contributed by atoms with E-state index in [2.05, 4.69) is 54.9 Å². The molecule has 0 saturated heterocycles. The smallest absolute Gasteiger partial charge is 0.204 e. The fraction of sp³-hybridized carbons (Fsp3) is 0.310. The SMILES string of the molecule is Fc1cc2nc(CC3CCCCC3c3ccc(Cl)cc3CCc3ccc(-c4nn[nH]n4)cc3)[nH]c2cc1F. The molecule has 2 unspecified atom stereocenters. The summed E-state index contributed by atoms with van der Waals surface area (Å²) in [5, 5.41) is 14.9. The van der Waals surface area contributed by atoms with E-state index in [-0.39, 0.29) is 0 Å². The predicted molar refractivity (Wildman–Crippen MR) is 143 cm³/mol. The Morgan fingerprint density at radius 3 is 2.55 bits per heavy atom. The number of tetrazole rings is 1. The number of aromatic nitrogens is 6. The molecule has 2 heterocycles. The zero-order valence-electron chi connectivity index (χ0n) is 20.7. The Labute approximate surface area is 223 Å². The summed E-state index contributed by atoms with van der Waals surface area (Å²) in [6, 6.07) is 16.9. The number of nitrogens with one attached hydrogen (secondary N) is 2. The van der Waals surface area contributed by atoms with Crippen LogP contribution in [0.25, 0.3) is 22.4 Å². The molecule has 38 heavy (non-hydrogen) atoms. The third kappa shape index (κ3) is 5.18. The van der Waals surface area contributed by atoms with E-state index in [1.54, 1.807) is 0 Å². The molecule has 2 aromatic heterocycles. The molecule has 1 aliphatic rings. The molecule has 0 radical (unpaired) electrons. The average Bonchev–Trinajstić information content (AvgIpc) is 3.59. The highest BCUT2D eigenvalue weighted by atomic mass is 35.5. The molecule has 6 rings (SSSR count). The number of H-pyrrole nitrogens is 2. The first-order valence-corrected chi connectivity index (χ1v) is 13.4. The lowest BCUT2D eigenvalue weighted by Crippen LogP contribution is -2.21. The van der Waals surface area contributed by atoms with Gasteiger partial charge in [-0.2, -0.15) is 5.21 Å². The highest BCUT2D eigenvalue weighted by molar-refractivity contribution is 6.30. The van der Waals surface area contributed by atoms with Gasteiger partial charge in [-0.3, -0.25) is 0 Å². The minimum Gasteiger partial charge on any atom is -0.342 e. The fourth-order valence-corrected chi connectivity index (χ4v) is 6.00. The molecule has 1 fully saturated rings. The van der Waals surface area contributed by atoms with E-state index in [0.717, 1.165) is 54.6 Å². The standard InChI is InChI=1S/C29H27ClF2N6/c30-21-11-12-23(20(13-21)10-7-17-5-8-18(9-6-17)29-35-37-38-36-29)22-4-2-1-3-19(22)14-28-33-26-15-24(31)25(32)16-27(26)34-28/h5-6,8-9,11-13,15-16,19,22H,1-4,7,10,14H2,(H,33,34)(H,35,36,37,38). The van der Waals surface area contributed by atoms with E-state index in [9.17, 15) is 8.78 Å². The van der Waals surface area contributed by atoms with Gasteiger partial charge in [0.2, 0.25) is 5.82 Å². The number of nitrogens with zero attached hydrogens (tertiary/aromatic N) is 4. The van der Waals surface area contributed by atoms with Crippen molar-refractivity contribution in [1.29, 1.82) is 0 Å². The van der Waals surface area contributed by atoms with Crippen LogP contribution in [0.3, 0.4) is 0 Å². The number of benzene rings is 3. The Balaban J connectivity index is 1.21. The molecule has 0 aliphatic heterocycles. The zero-order chi connectivity index (χ0) is 26.1. The fourth-order valence-electron chi connectivity index (χ4n) is 5.80. The first kappa shape index (κ1) is 24.7. The van der Waals surface area contributed by atoms with Gasteiger partial charge in [0.15, 0.2) is 11.6 Å². The monoisotopic (exact) mass is 532 g/mol. The molecule has 9 heteroatoms. The van der Waals surface area contributed by atoms with E-state index in [1.807, 2.05) is 18.2 Å². The van der Waals surface area contributed by atoms with Crippen molar-refractivity contribution in [3.05, 3.63) is 93.8 Å². The van der Waals surface area contributed by atoms with E-state index in [0.29, 0.717) is 28.7 Å². The number of halogens is 3. The van der Waals surface area contributed by atoms with Crippen molar-refractivity contribution in [2.45, 2.75) is 50.9 Å². The largest absolute Gasteiger partial charge is 0.342 e. The number of aromatic amines is 2. The molecule has 2 N–H and O–H groups in total. The number of fused-ring (bicyclic) bond motifs is 1. The second kappa shape index (κ2) is 10.6. The highest BCUT2D eigenvalue weighted by Gasteiger charge is 2.29. The Morgan fingerprint density at radius 1 is 0.921 bits per heavy atom. The Kier molecular flexibility index (Phi) is 6.89. The van der Waals surface area contributed by atoms with Crippen LogP contribution in [0.2, 0.25) is 5.02 Å². The van der Waals surface area contributed by atoms with E-state index in [4.69, 9.17) is 11.6 Å². The molecule has 1 aliphatic carbocycles. The second-order valence-corrected chi connectivity index (χ2v) is 10.5. The molecule has 0 spiro atoms. The van der Waals surface area contributed by atoms with Crippen molar-refractivity contribution in [2.75, 3.05) is 0 Å². The van der Waals surface area contributed by atoms with Gasteiger partial charge in [0.1, 0.15) is 5.82 Å². The maximum Gasteiger partial charge on any atom is 0.204 e. The lowest BCUT2D eigenvalue weighted by molar-refractivity contribution is 0.301. The van der Waals surface area contributed by atoms with E-state index < -0.39 is 11.6 Å². The van der Waals surface area contributed by atoms with Crippen molar-refractivity contribution >= 4 is 22.6 Å². The first-order chi connectivity index (χ1) is 18.5. The summed E-state index contributed by atoms with van der Waals surface area (Å²) < 4.78 is 27.4. The zero-order valence-corrected chi connectivity index (χ0v) is 21.5. The van der Waals surface area contributed by atoms with Crippen LogP contribution in [-0.4, -0.2) is 30.6 Å². The molecular weight excluding hydrogens is 506 g/mol. The molecule has 3 aromatic carbocycles. The maximum atomic E-state index is 13.7. The highest BCUT2D eigenvalue weighted by Crippen LogP contribution is 2.41. The van der Waals surface area contributed by atoms with Gasteiger partial charge in [-0.05, 0) is 71.6 Å². The Hall–Kier alpha value is -3.65. The molecule has 6 nitrogen and oxygen atoms in total. The third-order valence-corrected chi connectivity index (χ3v) is 7.92. The van der Waals surface area contributed by atoms with Crippen LogP contribution >= 0.6 is 11.6 Å². The number of imidazole rings is 1. The molecular formula is C29H27ClF2N6. The lowest BCUT2D eigenvalue weighted by Gasteiger charge is -2.33. The second-order valence-electron chi connectivity index (χ2n) is 10.1. The summed E-state index contributed by atoms with van der Waals surface area (Å²) >= 11 is 6.45. The van der Waals surface area contributed by atoms with E-state index >= 15 is 0 Å². The summed E-state index contributed by atoms with van der Waals surface area (Å²) in [4.78, 5) is 7.79. The Morgan fingerprint density at radius 2 is 1.74 bits per heavy atom. The summed E-state index contributed by atoms with van der Waals surface area (Å²) in [7, 11) is 0. The van der Waals surface area contributed by atoms with Gasteiger partial charge in [0, 0.05) is 29.1 Å². The summed E-state index contributed by atoms with van der Waals surface area (Å²) in [6.45, 7) is 0. The van der Waals surface area contributed by atoms with Crippen molar-refractivity contribution in [1.82, 2.24) is 30.6 Å². The van der Waals surface area contributed by atoms with Gasteiger partial charge in [0.05, 0.1) is 11.0 Å². The maximum absolute atomic E-state index is 13.7. The number of rotatable bonds is 7. The molecule has 0 amide bonds. The van der Waals surface area contributed by atoms with Gasteiger partial charge >= 0.3 is 0 Å². The summed E-state index contributed by atoms with van der Waals surface area (Å²) in [6.07, 6.45) is 7.04. The van der Waals surface area contributed by atoms with Gasteiger partial charge in [-0.1, -0.05) is 54.8 Å². The summed E-state index contributed by atoms with van der Waals surface area (Å²) in [5.74, 6) is 0.377. The normalized spacial score (nSPS) is 17.8. The van der Waals surface area contributed by atoms with Crippen LogP contribution in [0, 0.1) is 17.6 Å². The quantitative estimate of drug-likeness (QED) is 0.237. The van der Waals surface area contributed by atoms with Crippen LogP contribution in [0.4, 0.5) is 8.78 Å². The van der Waals surface area contributed by atoms with Crippen molar-refractivity contribution < 1.29 is 8.78 Å². The predicted octanol–water partition coefficient (Wildman–Crippen LogP) is 6.98. The minimum atomic E-state index is -0.874. The van der Waals surface area contributed by atoms with Crippen LogP contribution in [0.5, 0.6) is 0 Å². The van der Waals surface area contributed by atoms with Crippen LogP contribution < -0.4 is 0 Å². The topological polar surface area (TPSA) is 83.1 Å². The van der Waals surface area contributed by atoms with Crippen LogP contribution in [-0.2, 0) is 19.3 Å². The molecule has 0 bridgehead atoms. The Bertz CT molecular complexity index is 1510. The van der Waals surface area contributed by atoms with Gasteiger partial charge < -0.3 is 4.98 Å². The molecule has 2 atom stereocenters. The van der Waals surface area contributed by atoms with Crippen LogP contribution in [0.1, 0.15) is 54.1 Å². The molecule has 1 saturated carbocycles. The van der Waals surface area contributed by atoms with E-state index in [1.165, 1.54) is 35.6 Å². The first-order valence-electron chi connectivity index (χ1n) is 13.0.